The van der Waals surface area contributed by atoms with Gasteiger partial charge in [0.25, 0.3) is 0 Å². The Bertz CT molecular complexity index is 529. The third kappa shape index (κ3) is 2.65. The van der Waals surface area contributed by atoms with Crippen molar-refractivity contribution in [3.8, 4) is 0 Å². The van der Waals surface area contributed by atoms with Crippen LogP contribution >= 0.6 is 0 Å². The molecule has 0 unspecified atom stereocenters. The predicted molar refractivity (Wildman–Crippen MR) is 81.8 cm³/mol. The summed E-state index contributed by atoms with van der Waals surface area (Å²) >= 11 is 0. The van der Waals surface area contributed by atoms with Gasteiger partial charge < -0.3 is 5.32 Å². The van der Waals surface area contributed by atoms with Crippen molar-refractivity contribution >= 4 is 5.69 Å². The second-order valence-corrected chi connectivity index (χ2v) is 5.79. The fourth-order valence-electron chi connectivity index (χ4n) is 2.86. The average Bonchev–Trinajstić information content (AvgIpc) is 2.81. The molecule has 0 amide bonds. The Morgan fingerprint density at radius 1 is 0.895 bits per heavy atom. The third-order valence-corrected chi connectivity index (χ3v) is 4.00. The van der Waals surface area contributed by atoms with Crippen LogP contribution in [0.5, 0.6) is 0 Å². The van der Waals surface area contributed by atoms with E-state index in [9.17, 15) is 0 Å². The zero-order valence-electron chi connectivity index (χ0n) is 11.7. The van der Waals surface area contributed by atoms with E-state index in [0.717, 1.165) is 12.8 Å². The molecule has 19 heavy (non-hydrogen) atoms. The van der Waals surface area contributed by atoms with Crippen LogP contribution in [0.2, 0.25) is 0 Å². The molecule has 0 saturated carbocycles. The summed E-state index contributed by atoms with van der Waals surface area (Å²) in [4.78, 5) is 0. The number of hydrogen-bond acceptors (Lipinski definition) is 1. The SMILES string of the molecule is CC(C)c1ccc(NC2Cc3ccccc3C2)cc1. The van der Waals surface area contributed by atoms with E-state index in [1.165, 1.54) is 22.4 Å². The Balaban J connectivity index is 1.67. The van der Waals surface area contributed by atoms with Gasteiger partial charge in [0, 0.05) is 11.7 Å². The van der Waals surface area contributed by atoms with Crippen molar-refractivity contribution < 1.29 is 0 Å². The number of anilines is 1. The maximum absolute atomic E-state index is 3.65. The fraction of sp³-hybridized carbons (Fsp3) is 0.333. The highest BCUT2D eigenvalue weighted by molar-refractivity contribution is 5.48. The number of hydrogen-bond donors (Lipinski definition) is 1. The highest BCUT2D eigenvalue weighted by Gasteiger charge is 2.20. The van der Waals surface area contributed by atoms with Crippen molar-refractivity contribution in [1.29, 1.82) is 0 Å². The molecule has 0 bridgehead atoms. The molecule has 1 aliphatic rings. The largest absolute Gasteiger partial charge is 0.382 e. The van der Waals surface area contributed by atoms with E-state index in [0.29, 0.717) is 12.0 Å². The van der Waals surface area contributed by atoms with Crippen LogP contribution in [0.3, 0.4) is 0 Å². The first-order valence-electron chi connectivity index (χ1n) is 7.15. The molecule has 0 heterocycles. The standard InChI is InChI=1S/C18H21N/c1-13(2)14-7-9-17(10-8-14)19-18-11-15-5-3-4-6-16(15)12-18/h3-10,13,18-19H,11-12H2,1-2H3. The maximum atomic E-state index is 3.65. The Morgan fingerprint density at radius 2 is 1.47 bits per heavy atom. The van der Waals surface area contributed by atoms with Gasteiger partial charge in [0.2, 0.25) is 0 Å². The Hall–Kier alpha value is -1.76. The highest BCUT2D eigenvalue weighted by atomic mass is 14.9. The summed E-state index contributed by atoms with van der Waals surface area (Å²) in [6.07, 6.45) is 2.28. The van der Waals surface area contributed by atoms with Gasteiger partial charge in [0.15, 0.2) is 0 Å². The lowest BCUT2D eigenvalue weighted by Crippen LogP contribution is -2.19. The monoisotopic (exact) mass is 251 g/mol. The van der Waals surface area contributed by atoms with Crippen molar-refractivity contribution in [2.24, 2.45) is 0 Å². The number of fused-ring (bicyclic) bond motifs is 1. The minimum Gasteiger partial charge on any atom is -0.382 e. The van der Waals surface area contributed by atoms with Crippen molar-refractivity contribution in [1.82, 2.24) is 0 Å². The third-order valence-electron chi connectivity index (χ3n) is 4.00. The average molecular weight is 251 g/mol. The summed E-state index contributed by atoms with van der Waals surface area (Å²) in [6.45, 7) is 4.46. The van der Waals surface area contributed by atoms with Gasteiger partial charge in [-0.15, -0.1) is 0 Å². The Kier molecular flexibility index (Phi) is 3.29. The van der Waals surface area contributed by atoms with Crippen LogP contribution in [0.15, 0.2) is 48.5 Å². The molecule has 0 spiro atoms. The number of rotatable bonds is 3. The van der Waals surface area contributed by atoms with Gasteiger partial charge in [-0.25, -0.2) is 0 Å². The van der Waals surface area contributed by atoms with Gasteiger partial charge >= 0.3 is 0 Å². The van der Waals surface area contributed by atoms with Gasteiger partial charge in [-0.2, -0.15) is 0 Å². The quantitative estimate of drug-likeness (QED) is 0.853. The predicted octanol–water partition coefficient (Wildman–Crippen LogP) is 4.39. The van der Waals surface area contributed by atoms with Crippen LogP contribution in [0.25, 0.3) is 0 Å². The lowest BCUT2D eigenvalue weighted by atomic mass is 10.0. The van der Waals surface area contributed by atoms with E-state index >= 15 is 0 Å². The topological polar surface area (TPSA) is 12.0 Å². The van der Waals surface area contributed by atoms with E-state index in [4.69, 9.17) is 0 Å². The summed E-state index contributed by atoms with van der Waals surface area (Å²) in [5, 5.41) is 3.65. The lowest BCUT2D eigenvalue weighted by Gasteiger charge is -2.14. The molecule has 3 rings (SSSR count). The molecule has 0 fully saturated rings. The van der Waals surface area contributed by atoms with Gasteiger partial charge in [0.05, 0.1) is 0 Å². The van der Waals surface area contributed by atoms with E-state index in [2.05, 4.69) is 67.7 Å². The smallest absolute Gasteiger partial charge is 0.0342 e. The highest BCUT2D eigenvalue weighted by Crippen LogP contribution is 2.25. The first-order valence-corrected chi connectivity index (χ1v) is 7.15. The summed E-state index contributed by atoms with van der Waals surface area (Å²) in [5.41, 5.74) is 5.64. The second-order valence-electron chi connectivity index (χ2n) is 5.79. The Morgan fingerprint density at radius 3 is 2.00 bits per heavy atom. The molecule has 2 aromatic carbocycles. The fourth-order valence-corrected chi connectivity index (χ4v) is 2.86. The van der Waals surface area contributed by atoms with Crippen LogP contribution in [0.4, 0.5) is 5.69 Å². The van der Waals surface area contributed by atoms with Gasteiger partial charge in [0.1, 0.15) is 0 Å². The van der Waals surface area contributed by atoms with Gasteiger partial charge in [-0.3, -0.25) is 0 Å². The van der Waals surface area contributed by atoms with Crippen LogP contribution in [0, 0.1) is 0 Å². The summed E-state index contributed by atoms with van der Waals surface area (Å²) in [6, 6.07) is 18.2. The minimum absolute atomic E-state index is 0.544. The first kappa shape index (κ1) is 12.3. The maximum Gasteiger partial charge on any atom is 0.0342 e. The molecule has 0 aliphatic heterocycles. The zero-order valence-corrected chi connectivity index (χ0v) is 11.7. The van der Waals surface area contributed by atoms with Crippen LogP contribution in [0.1, 0.15) is 36.5 Å². The molecule has 1 heteroatoms. The van der Waals surface area contributed by atoms with E-state index in [-0.39, 0.29) is 0 Å². The molecule has 1 N–H and O–H groups in total. The normalized spacial score (nSPS) is 14.7. The van der Waals surface area contributed by atoms with Gasteiger partial charge in [-0.05, 0) is 47.6 Å². The number of nitrogens with one attached hydrogen (secondary N) is 1. The van der Waals surface area contributed by atoms with Crippen LogP contribution in [-0.2, 0) is 12.8 Å². The molecular formula is C18H21N. The second kappa shape index (κ2) is 5.08. The van der Waals surface area contributed by atoms with Crippen molar-refractivity contribution in [2.45, 2.75) is 38.6 Å². The van der Waals surface area contributed by atoms with Crippen molar-refractivity contribution in [3.05, 3.63) is 65.2 Å². The molecule has 1 nitrogen and oxygen atoms in total. The van der Waals surface area contributed by atoms with E-state index in [1.807, 2.05) is 0 Å². The molecule has 98 valence electrons. The van der Waals surface area contributed by atoms with Crippen molar-refractivity contribution in [3.63, 3.8) is 0 Å². The van der Waals surface area contributed by atoms with Crippen molar-refractivity contribution in [2.75, 3.05) is 5.32 Å². The summed E-state index contributed by atoms with van der Waals surface area (Å²) < 4.78 is 0. The molecule has 0 atom stereocenters. The first-order chi connectivity index (χ1) is 9.22. The van der Waals surface area contributed by atoms with Crippen LogP contribution in [-0.4, -0.2) is 6.04 Å². The Labute approximate surface area is 115 Å². The number of benzene rings is 2. The van der Waals surface area contributed by atoms with Crippen LogP contribution < -0.4 is 5.32 Å². The molecule has 0 radical (unpaired) electrons. The minimum atomic E-state index is 0.544. The summed E-state index contributed by atoms with van der Waals surface area (Å²) in [5.74, 6) is 0.602. The molecule has 0 aromatic heterocycles. The zero-order chi connectivity index (χ0) is 13.2. The molecule has 1 aliphatic carbocycles. The molecule has 2 aromatic rings. The van der Waals surface area contributed by atoms with E-state index in [1.54, 1.807) is 0 Å². The molecular weight excluding hydrogens is 230 g/mol. The van der Waals surface area contributed by atoms with Gasteiger partial charge in [-0.1, -0.05) is 50.2 Å². The summed E-state index contributed by atoms with van der Waals surface area (Å²) in [7, 11) is 0. The lowest BCUT2D eigenvalue weighted by molar-refractivity contribution is 0.774. The van der Waals surface area contributed by atoms with E-state index < -0.39 is 0 Å². The molecule has 0 saturated heterocycles.